The minimum Gasteiger partial charge on any atom is -0.384 e. The monoisotopic (exact) mass is 279 g/mol. The van der Waals surface area contributed by atoms with Crippen molar-refractivity contribution in [3.63, 3.8) is 0 Å². The lowest BCUT2D eigenvalue weighted by atomic mass is 10.1. The minimum absolute atomic E-state index is 0.606. The highest BCUT2D eigenvalue weighted by Gasteiger charge is 2.24. The molecule has 1 fully saturated rings. The summed E-state index contributed by atoms with van der Waals surface area (Å²) in [5.41, 5.74) is 7.37. The molecule has 1 saturated carbocycles. The van der Waals surface area contributed by atoms with Crippen molar-refractivity contribution in [2.75, 3.05) is 17.2 Å². The zero-order chi connectivity index (χ0) is 13.7. The second-order valence-corrected chi connectivity index (χ2v) is 6.52. The highest BCUT2D eigenvalue weighted by molar-refractivity contribution is 7.99. The number of thioether (sulfide) groups is 1. The number of nitrogens with two attached hydrogens (primary N) is 1. The van der Waals surface area contributed by atoms with E-state index in [2.05, 4.69) is 18.1 Å². The molecule has 2 N–H and O–H groups in total. The molecule has 2 rings (SSSR count). The smallest absolute Gasteiger partial charge is 0.127 e. The Labute approximate surface area is 120 Å². The molecule has 106 valence electrons. The van der Waals surface area contributed by atoms with Crippen molar-refractivity contribution in [1.82, 2.24) is 9.55 Å². The molecule has 0 atom stereocenters. The Morgan fingerprint density at radius 3 is 2.84 bits per heavy atom. The number of rotatable bonds is 7. The molecule has 0 unspecified atom stereocenters. The maximum atomic E-state index is 6.28. The summed E-state index contributed by atoms with van der Waals surface area (Å²) in [6, 6.07) is 0. The average molecular weight is 279 g/mol. The Bertz CT molecular complexity index is 419. The number of aromatic nitrogens is 2. The summed E-state index contributed by atoms with van der Waals surface area (Å²) in [4.78, 5) is 4.86. The van der Waals surface area contributed by atoms with Crippen LogP contribution in [0.4, 0.5) is 5.82 Å². The Hall–Kier alpha value is -0.900. The lowest BCUT2D eigenvalue weighted by Crippen LogP contribution is -2.08. The molecule has 0 aliphatic heterocycles. The lowest BCUT2D eigenvalue weighted by molar-refractivity contribution is 0.618. The lowest BCUT2D eigenvalue weighted by Gasteiger charge is -2.11. The first-order chi connectivity index (χ1) is 9.27. The van der Waals surface area contributed by atoms with Gasteiger partial charge in [-0.15, -0.1) is 6.58 Å². The van der Waals surface area contributed by atoms with E-state index in [4.69, 9.17) is 10.7 Å². The van der Waals surface area contributed by atoms with Crippen LogP contribution >= 0.6 is 11.8 Å². The number of hydrogen-bond acceptors (Lipinski definition) is 3. The van der Waals surface area contributed by atoms with Crippen molar-refractivity contribution in [2.24, 2.45) is 0 Å². The minimum atomic E-state index is 0.606. The first kappa shape index (κ1) is 14.5. The largest absolute Gasteiger partial charge is 0.384 e. The Morgan fingerprint density at radius 2 is 2.21 bits per heavy atom. The Balaban J connectivity index is 2.19. The van der Waals surface area contributed by atoms with Crippen LogP contribution in [0.1, 0.15) is 50.0 Å². The molecule has 1 aliphatic carbocycles. The van der Waals surface area contributed by atoms with E-state index in [9.17, 15) is 0 Å². The van der Waals surface area contributed by atoms with Crippen LogP contribution in [0, 0.1) is 0 Å². The van der Waals surface area contributed by atoms with Gasteiger partial charge in [-0.05, 0) is 24.3 Å². The molecule has 3 nitrogen and oxygen atoms in total. The van der Waals surface area contributed by atoms with Gasteiger partial charge in [0.05, 0.1) is 5.69 Å². The van der Waals surface area contributed by atoms with Crippen LogP contribution in [0.3, 0.4) is 0 Å². The maximum Gasteiger partial charge on any atom is 0.127 e. The molecular weight excluding hydrogens is 254 g/mol. The van der Waals surface area contributed by atoms with Gasteiger partial charge in [-0.2, -0.15) is 11.8 Å². The van der Waals surface area contributed by atoms with Crippen LogP contribution in [0.5, 0.6) is 0 Å². The van der Waals surface area contributed by atoms with E-state index in [0.29, 0.717) is 5.92 Å². The van der Waals surface area contributed by atoms with Gasteiger partial charge in [0.15, 0.2) is 0 Å². The normalized spacial score (nSPS) is 16.1. The topological polar surface area (TPSA) is 43.8 Å². The molecule has 1 aliphatic rings. The van der Waals surface area contributed by atoms with Crippen LogP contribution in [-0.2, 0) is 13.0 Å². The predicted octanol–water partition coefficient (Wildman–Crippen LogP) is 3.60. The number of nitrogen functional groups attached to an aromatic ring is 1. The SMILES string of the molecule is C=CCn1c(C2CCCC2)nc(CCSCC)c1N. The van der Waals surface area contributed by atoms with Crippen LogP contribution in [0.25, 0.3) is 0 Å². The summed E-state index contributed by atoms with van der Waals surface area (Å²) in [5.74, 6) is 4.93. The zero-order valence-corrected chi connectivity index (χ0v) is 12.7. The van der Waals surface area contributed by atoms with E-state index < -0.39 is 0 Å². The van der Waals surface area contributed by atoms with Gasteiger partial charge in [0.25, 0.3) is 0 Å². The summed E-state index contributed by atoms with van der Waals surface area (Å²) < 4.78 is 2.18. The number of imidazole rings is 1. The number of anilines is 1. The van der Waals surface area contributed by atoms with Gasteiger partial charge in [-0.1, -0.05) is 25.8 Å². The molecular formula is C15H25N3S. The third-order valence-corrected chi connectivity index (χ3v) is 4.73. The third-order valence-electron chi connectivity index (χ3n) is 3.83. The molecule has 0 bridgehead atoms. The van der Waals surface area contributed by atoms with Crippen LogP contribution in [0.2, 0.25) is 0 Å². The molecule has 4 heteroatoms. The maximum absolute atomic E-state index is 6.28. The number of aryl methyl sites for hydroxylation is 1. The molecule has 1 heterocycles. The van der Waals surface area contributed by atoms with Crippen molar-refractivity contribution in [2.45, 2.75) is 51.5 Å². The predicted molar refractivity (Wildman–Crippen MR) is 84.7 cm³/mol. The standard InChI is InChI=1S/C15H25N3S/c1-3-10-18-14(16)13(9-11-19-4-2)17-15(18)12-7-5-6-8-12/h3,12H,1,4-11,16H2,2H3. The quantitative estimate of drug-likeness (QED) is 0.612. The molecule has 0 saturated heterocycles. The van der Waals surface area contributed by atoms with Crippen molar-refractivity contribution in [3.05, 3.63) is 24.2 Å². The van der Waals surface area contributed by atoms with Gasteiger partial charge in [0.2, 0.25) is 0 Å². The second kappa shape index (κ2) is 7.04. The van der Waals surface area contributed by atoms with Crippen molar-refractivity contribution < 1.29 is 0 Å². The highest BCUT2D eigenvalue weighted by atomic mass is 32.2. The molecule has 0 radical (unpaired) electrons. The first-order valence-electron chi connectivity index (χ1n) is 7.31. The van der Waals surface area contributed by atoms with E-state index in [1.807, 2.05) is 17.8 Å². The fourth-order valence-electron chi connectivity index (χ4n) is 2.85. The van der Waals surface area contributed by atoms with Gasteiger partial charge in [-0.3, -0.25) is 0 Å². The number of nitrogens with zero attached hydrogens (tertiary/aromatic N) is 2. The molecule has 0 spiro atoms. The molecule has 19 heavy (non-hydrogen) atoms. The average Bonchev–Trinajstić information content (AvgIpc) is 3.02. The van der Waals surface area contributed by atoms with Crippen LogP contribution in [-0.4, -0.2) is 21.1 Å². The summed E-state index contributed by atoms with van der Waals surface area (Å²) in [7, 11) is 0. The number of hydrogen-bond donors (Lipinski definition) is 1. The van der Waals surface area contributed by atoms with E-state index in [0.717, 1.165) is 36.0 Å². The highest BCUT2D eigenvalue weighted by Crippen LogP contribution is 2.35. The fraction of sp³-hybridized carbons (Fsp3) is 0.667. The number of allylic oxidation sites excluding steroid dienone is 1. The Morgan fingerprint density at radius 1 is 1.47 bits per heavy atom. The van der Waals surface area contributed by atoms with Gasteiger partial charge < -0.3 is 10.3 Å². The van der Waals surface area contributed by atoms with E-state index >= 15 is 0 Å². The zero-order valence-electron chi connectivity index (χ0n) is 11.9. The van der Waals surface area contributed by atoms with Gasteiger partial charge in [0.1, 0.15) is 11.6 Å². The third kappa shape index (κ3) is 3.35. The molecule has 1 aromatic heterocycles. The van der Waals surface area contributed by atoms with Crippen LogP contribution in [0.15, 0.2) is 12.7 Å². The summed E-state index contributed by atoms with van der Waals surface area (Å²) in [6.45, 7) is 6.81. The second-order valence-electron chi connectivity index (χ2n) is 5.13. The summed E-state index contributed by atoms with van der Waals surface area (Å²) in [6.07, 6.45) is 8.07. The first-order valence-corrected chi connectivity index (χ1v) is 8.46. The summed E-state index contributed by atoms with van der Waals surface area (Å²) >= 11 is 1.95. The van der Waals surface area contributed by atoms with Crippen molar-refractivity contribution in [3.8, 4) is 0 Å². The fourth-order valence-corrected chi connectivity index (χ4v) is 3.48. The van der Waals surface area contributed by atoms with Gasteiger partial charge in [0, 0.05) is 18.9 Å². The molecule has 1 aromatic rings. The van der Waals surface area contributed by atoms with Gasteiger partial charge in [-0.25, -0.2) is 4.98 Å². The van der Waals surface area contributed by atoms with Crippen LogP contribution < -0.4 is 5.73 Å². The molecule has 0 aromatic carbocycles. The Kier molecular flexibility index (Phi) is 5.37. The van der Waals surface area contributed by atoms with Gasteiger partial charge >= 0.3 is 0 Å². The van der Waals surface area contributed by atoms with E-state index in [1.165, 1.54) is 31.5 Å². The van der Waals surface area contributed by atoms with Crippen molar-refractivity contribution >= 4 is 17.6 Å². The van der Waals surface area contributed by atoms with Crippen molar-refractivity contribution in [1.29, 1.82) is 0 Å². The van der Waals surface area contributed by atoms with E-state index in [-0.39, 0.29) is 0 Å². The summed E-state index contributed by atoms with van der Waals surface area (Å²) in [5, 5.41) is 0. The van der Waals surface area contributed by atoms with E-state index in [1.54, 1.807) is 0 Å². The molecule has 0 amide bonds.